The van der Waals surface area contributed by atoms with Gasteiger partial charge in [0.2, 0.25) is 5.91 Å². The number of benzene rings is 1. The van der Waals surface area contributed by atoms with E-state index in [9.17, 15) is 9.59 Å². The molecule has 2 fully saturated rings. The molecule has 0 atom stereocenters. The van der Waals surface area contributed by atoms with Gasteiger partial charge >= 0.3 is 0 Å². The van der Waals surface area contributed by atoms with Crippen LogP contribution in [0.5, 0.6) is 5.75 Å². The predicted molar refractivity (Wildman–Crippen MR) is 112 cm³/mol. The van der Waals surface area contributed by atoms with Crippen LogP contribution in [0.2, 0.25) is 0 Å². The molecule has 3 rings (SSSR count). The summed E-state index contributed by atoms with van der Waals surface area (Å²) < 4.78 is 5.14. The zero-order chi connectivity index (χ0) is 19.3. The van der Waals surface area contributed by atoms with Gasteiger partial charge in [0, 0.05) is 38.2 Å². The number of ether oxygens (including phenoxy) is 1. The second kappa shape index (κ2) is 10.1. The molecule has 1 aliphatic heterocycles. The topological polar surface area (TPSA) is 75.9 Å². The number of nitrogens with zero attached hydrogens (tertiary/aromatic N) is 2. The van der Waals surface area contributed by atoms with Crippen molar-refractivity contribution < 1.29 is 14.3 Å². The molecule has 156 valence electrons. The van der Waals surface area contributed by atoms with E-state index in [-0.39, 0.29) is 29.6 Å². The highest BCUT2D eigenvalue weighted by Crippen LogP contribution is 2.38. The number of piperazine rings is 1. The Bertz CT molecular complexity index is 651. The molecule has 1 saturated carbocycles. The third-order valence-corrected chi connectivity index (χ3v) is 6.13. The summed E-state index contributed by atoms with van der Waals surface area (Å²) in [7, 11) is 1.61. The van der Waals surface area contributed by atoms with Crippen molar-refractivity contribution in [2.24, 2.45) is 11.1 Å². The lowest BCUT2D eigenvalue weighted by Crippen LogP contribution is -2.51. The Labute approximate surface area is 173 Å². The van der Waals surface area contributed by atoms with E-state index < -0.39 is 0 Å². The second-order valence-electron chi connectivity index (χ2n) is 7.84. The third-order valence-electron chi connectivity index (χ3n) is 6.13. The molecule has 28 heavy (non-hydrogen) atoms. The Balaban J connectivity index is 0.00000280. The number of amides is 2. The predicted octanol–water partition coefficient (Wildman–Crippen LogP) is 2.70. The Hall–Kier alpha value is -1.79. The number of nitrogens with two attached hydrogens (primary N) is 1. The number of methoxy groups -OCH3 is 1. The smallest absolute Gasteiger partial charge is 0.253 e. The van der Waals surface area contributed by atoms with Crippen LogP contribution in [0.4, 0.5) is 0 Å². The first-order chi connectivity index (χ1) is 13.1. The van der Waals surface area contributed by atoms with Crippen molar-refractivity contribution in [1.82, 2.24) is 9.80 Å². The molecule has 1 aliphatic carbocycles. The minimum atomic E-state index is -0.00855. The molecule has 1 aromatic rings. The molecule has 0 unspecified atom stereocenters. The van der Waals surface area contributed by atoms with Crippen molar-refractivity contribution >= 4 is 24.2 Å². The van der Waals surface area contributed by atoms with Gasteiger partial charge in [-0.05, 0) is 49.1 Å². The Morgan fingerprint density at radius 2 is 1.57 bits per heavy atom. The SMILES string of the molecule is COc1ccc(C(=O)N2CCN(C(=O)CC3(CN)CCCCC3)CC2)cc1.Cl. The molecule has 1 aromatic carbocycles. The molecule has 2 N–H and O–H groups in total. The van der Waals surface area contributed by atoms with Crippen LogP contribution in [0, 0.1) is 5.41 Å². The number of hydrogen-bond donors (Lipinski definition) is 1. The van der Waals surface area contributed by atoms with Gasteiger partial charge in [0.05, 0.1) is 7.11 Å². The van der Waals surface area contributed by atoms with E-state index in [0.29, 0.717) is 44.7 Å². The largest absolute Gasteiger partial charge is 0.497 e. The normalized spacial score (nSPS) is 18.9. The highest BCUT2D eigenvalue weighted by Gasteiger charge is 2.35. The Kier molecular flexibility index (Phi) is 8.13. The number of carbonyl (C=O) groups excluding carboxylic acids is 2. The molecule has 7 heteroatoms. The monoisotopic (exact) mass is 409 g/mol. The van der Waals surface area contributed by atoms with E-state index >= 15 is 0 Å². The maximum atomic E-state index is 12.8. The minimum Gasteiger partial charge on any atom is -0.497 e. The summed E-state index contributed by atoms with van der Waals surface area (Å²) in [6.45, 7) is 2.94. The first kappa shape index (κ1) is 22.5. The lowest BCUT2D eigenvalue weighted by Gasteiger charge is -2.39. The first-order valence-corrected chi connectivity index (χ1v) is 9.98. The summed E-state index contributed by atoms with van der Waals surface area (Å²) in [5, 5.41) is 0. The van der Waals surface area contributed by atoms with Crippen molar-refractivity contribution in [3.63, 3.8) is 0 Å². The summed E-state index contributed by atoms with van der Waals surface area (Å²) in [5.41, 5.74) is 6.67. The molecule has 2 aliphatic rings. The zero-order valence-electron chi connectivity index (χ0n) is 16.7. The number of hydrogen-bond acceptors (Lipinski definition) is 4. The minimum absolute atomic E-state index is 0. The standard InChI is InChI=1S/C21H31N3O3.ClH/c1-27-18-7-5-17(6-8-18)20(26)24-13-11-23(12-14-24)19(25)15-21(16-22)9-3-2-4-10-21;/h5-8H,2-4,9-16,22H2,1H3;1H. The fraction of sp³-hybridized carbons (Fsp3) is 0.619. The van der Waals surface area contributed by atoms with Crippen molar-refractivity contribution in [2.75, 3.05) is 39.8 Å². The molecule has 6 nitrogen and oxygen atoms in total. The molecule has 1 saturated heterocycles. The first-order valence-electron chi connectivity index (χ1n) is 9.98. The average molecular weight is 410 g/mol. The summed E-state index contributed by atoms with van der Waals surface area (Å²) >= 11 is 0. The highest BCUT2D eigenvalue weighted by molar-refractivity contribution is 5.94. The van der Waals surface area contributed by atoms with E-state index in [1.807, 2.05) is 9.80 Å². The number of rotatable bonds is 5. The second-order valence-corrected chi connectivity index (χ2v) is 7.84. The van der Waals surface area contributed by atoms with Gasteiger partial charge in [-0.3, -0.25) is 9.59 Å². The Morgan fingerprint density at radius 3 is 2.11 bits per heavy atom. The van der Waals surface area contributed by atoms with E-state index in [0.717, 1.165) is 18.6 Å². The van der Waals surface area contributed by atoms with Crippen LogP contribution in [0.15, 0.2) is 24.3 Å². The summed E-state index contributed by atoms with van der Waals surface area (Å²) in [6.07, 6.45) is 6.28. The van der Waals surface area contributed by atoms with Crippen LogP contribution in [-0.4, -0.2) is 61.4 Å². The molecule has 0 radical (unpaired) electrons. The Morgan fingerprint density at radius 1 is 1.00 bits per heavy atom. The van der Waals surface area contributed by atoms with E-state index in [1.165, 1.54) is 19.3 Å². The number of halogens is 1. The number of carbonyl (C=O) groups is 2. The average Bonchev–Trinajstić information content (AvgIpc) is 2.74. The van der Waals surface area contributed by atoms with Crippen LogP contribution in [0.1, 0.15) is 48.9 Å². The summed E-state index contributed by atoms with van der Waals surface area (Å²) in [5.74, 6) is 0.938. The van der Waals surface area contributed by atoms with Gasteiger partial charge in [-0.2, -0.15) is 0 Å². The van der Waals surface area contributed by atoms with Crippen LogP contribution in [-0.2, 0) is 4.79 Å². The third kappa shape index (κ3) is 5.17. The van der Waals surface area contributed by atoms with E-state index in [1.54, 1.807) is 31.4 Å². The summed E-state index contributed by atoms with van der Waals surface area (Å²) in [4.78, 5) is 29.2. The van der Waals surface area contributed by atoms with Crippen LogP contribution in [0.3, 0.4) is 0 Å². The highest BCUT2D eigenvalue weighted by atomic mass is 35.5. The van der Waals surface area contributed by atoms with Gasteiger partial charge < -0.3 is 20.3 Å². The van der Waals surface area contributed by atoms with Crippen LogP contribution >= 0.6 is 12.4 Å². The van der Waals surface area contributed by atoms with Crippen molar-refractivity contribution in [3.05, 3.63) is 29.8 Å². The molecular formula is C21H32ClN3O3. The van der Waals surface area contributed by atoms with Crippen molar-refractivity contribution in [1.29, 1.82) is 0 Å². The fourth-order valence-electron chi connectivity index (χ4n) is 4.26. The molecule has 2 amide bonds. The van der Waals surface area contributed by atoms with E-state index in [4.69, 9.17) is 10.5 Å². The molecule has 0 spiro atoms. The molecular weight excluding hydrogens is 378 g/mol. The zero-order valence-corrected chi connectivity index (χ0v) is 17.5. The lowest BCUT2D eigenvalue weighted by molar-refractivity contribution is -0.135. The van der Waals surface area contributed by atoms with E-state index in [2.05, 4.69) is 0 Å². The quantitative estimate of drug-likeness (QED) is 0.811. The fourth-order valence-corrected chi connectivity index (χ4v) is 4.26. The summed E-state index contributed by atoms with van der Waals surface area (Å²) in [6, 6.07) is 7.16. The van der Waals surface area contributed by atoms with Gasteiger partial charge in [0.25, 0.3) is 5.91 Å². The van der Waals surface area contributed by atoms with Gasteiger partial charge in [-0.1, -0.05) is 19.3 Å². The van der Waals surface area contributed by atoms with Crippen molar-refractivity contribution in [2.45, 2.75) is 38.5 Å². The van der Waals surface area contributed by atoms with Crippen molar-refractivity contribution in [3.8, 4) is 5.75 Å². The lowest BCUT2D eigenvalue weighted by atomic mass is 9.71. The molecule has 0 aromatic heterocycles. The van der Waals surface area contributed by atoms with Crippen LogP contribution < -0.4 is 10.5 Å². The molecule has 1 heterocycles. The maximum Gasteiger partial charge on any atom is 0.253 e. The van der Waals surface area contributed by atoms with Gasteiger partial charge in [-0.15, -0.1) is 12.4 Å². The van der Waals surface area contributed by atoms with Crippen LogP contribution in [0.25, 0.3) is 0 Å². The maximum absolute atomic E-state index is 12.8. The molecule has 0 bridgehead atoms. The van der Waals surface area contributed by atoms with Gasteiger partial charge in [0.1, 0.15) is 5.75 Å². The van der Waals surface area contributed by atoms with Gasteiger partial charge in [-0.25, -0.2) is 0 Å². The van der Waals surface area contributed by atoms with Gasteiger partial charge in [0.15, 0.2) is 0 Å².